The van der Waals surface area contributed by atoms with Crippen molar-refractivity contribution >= 4 is 11.7 Å². The van der Waals surface area contributed by atoms with Gasteiger partial charge < -0.3 is 20.7 Å². The number of carbonyl (C=O) groups is 1. The minimum absolute atomic E-state index is 0.0208. The number of nitrogens with one attached hydrogen (secondary N) is 3. The second-order valence-corrected chi connectivity index (χ2v) is 5.25. The fraction of sp³-hybridized carbons (Fsp3) is 0.562. The molecular formula is C16H27N3O2. The molecule has 0 aromatic heterocycles. The monoisotopic (exact) mass is 293 g/mol. The molecule has 0 aliphatic carbocycles. The SMILES string of the molecule is CCCNC(C)c1ccc(NC(=O)NC(C)COC)cc1. The number of urea groups is 1. The molecule has 5 heteroatoms. The Morgan fingerprint density at radius 3 is 2.48 bits per heavy atom. The van der Waals surface area contributed by atoms with Crippen LogP contribution < -0.4 is 16.0 Å². The van der Waals surface area contributed by atoms with Crippen LogP contribution in [0.5, 0.6) is 0 Å². The summed E-state index contributed by atoms with van der Waals surface area (Å²) in [7, 11) is 1.61. The maximum Gasteiger partial charge on any atom is 0.319 e. The Balaban J connectivity index is 2.48. The summed E-state index contributed by atoms with van der Waals surface area (Å²) in [6.45, 7) is 7.67. The zero-order valence-electron chi connectivity index (χ0n) is 13.4. The largest absolute Gasteiger partial charge is 0.383 e. The van der Waals surface area contributed by atoms with Gasteiger partial charge in [0, 0.05) is 18.8 Å². The predicted octanol–water partition coefficient (Wildman–Crippen LogP) is 2.90. The minimum atomic E-state index is -0.218. The summed E-state index contributed by atoms with van der Waals surface area (Å²) in [6, 6.07) is 7.97. The summed E-state index contributed by atoms with van der Waals surface area (Å²) in [5.41, 5.74) is 1.99. The van der Waals surface area contributed by atoms with Crippen molar-refractivity contribution in [3.63, 3.8) is 0 Å². The smallest absolute Gasteiger partial charge is 0.319 e. The Labute approximate surface area is 127 Å². The zero-order valence-corrected chi connectivity index (χ0v) is 13.4. The standard InChI is InChI=1S/C16H27N3O2/c1-5-10-17-13(3)14-6-8-15(9-7-14)19-16(20)18-12(2)11-21-4/h6-9,12-13,17H,5,10-11H2,1-4H3,(H2,18,19,20). The minimum Gasteiger partial charge on any atom is -0.383 e. The van der Waals surface area contributed by atoms with Crippen LogP contribution in [-0.4, -0.2) is 32.3 Å². The lowest BCUT2D eigenvalue weighted by atomic mass is 10.1. The molecular weight excluding hydrogens is 266 g/mol. The zero-order chi connectivity index (χ0) is 15.7. The molecule has 118 valence electrons. The number of benzene rings is 1. The number of hydrogen-bond donors (Lipinski definition) is 3. The van der Waals surface area contributed by atoms with Gasteiger partial charge in [0.25, 0.3) is 0 Å². The maximum atomic E-state index is 11.8. The molecule has 1 rings (SSSR count). The van der Waals surface area contributed by atoms with Gasteiger partial charge in [-0.15, -0.1) is 0 Å². The van der Waals surface area contributed by atoms with Crippen molar-refractivity contribution in [3.8, 4) is 0 Å². The third-order valence-electron chi connectivity index (χ3n) is 3.16. The van der Waals surface area contributed by atoms with Crippen molar-refractivity contribution in [1.82, 2.24) is 10.6 Å². The molecule has 0 saturated heterocycles. The first kappa shape index (κ1) is 17.5. The van der Waals surface area contributed by atoms with Crippen molar-refractivity contribution in [3.05, 3.63) is 29.8 Å². The van der Waals surface area contributed by atoms with Gasteiger partial charge in [-0.3, -0.25) is 0 Å². The Kier molecular flexibility index (Phi) is 7.79. The van der Waals surface area contributed by atoms with Gasteiger partial charge in [0.05, 0.1) is 12.6 Å². The van der Waals surface area contributed by atoms with Gasteiger partial charge in [0.2, 0.25) is 0 Å². The van der Waals surface area contributed by atoms with E-state index in [-0.39, 0.29) is 12.1 Å². The summed E-state index contributed by atoms with van der Waals surface area (Å²) in [5, 5.41) is 9.06. The molecule has 2 atom stereocenters. The van der Waals surface area contributed by atoms with Crippen LogP contribution in [0.1, 0.15) is 38.8 Å². The molecule has 0 saturated carbocycles. The molecule has 5 nitrogen and oxygen atoms in total. The van der Waals surface area contributed by atoms with E-state index in [1.54, 1.807) is 7.11 Å². The fourth-order valence-corrected chi connectivity index (χ4v) is 2.02. The van der Waals surface area contributed by atoms with Crippen LogP contribution in [0.2, 0.25) is 0 Å². The Morgan fingerprint density at radius 2 is 1.90 bits per heavy atom. The number of anilines is 1. The van der Waals surface area contributed by atoms with Gasteiger partial charge in [0.1, 0.15) is 0 Å². The Bertz CT molecular complexity index is 420. The van der Waals surface area contributed by atoms with Gasteiger partial charge in [-0.25, -0.2) is 4.79 Å². The molecule has 2 amide bonds. The molecule has 0 fully saturated rings. The van der Waals surface area contributed by atoms with Gasteiger partial charge in [-0.05, 0) is 44.5 Å². The molecule has 0 aliphatic heterocycles. The fourth-order valence-electron chi connectivity index (χ4n) is 2.02. The van der Waals surface area contributed by atoms with Crippen LogP contribution in [-0.2, 0) is 4.74 Å². The van der Waals surface area contributed by atoms with Gasteiger partial charge in [-0.1, -0.05) is 19.1 Å². The highest BCUT2D eigenvalue weighted by Crippen LogP contribution is 2.16. The lowest BCUT2D eigenvalue weighted by Gasteiger charge is -2.15. The Hall–Kier alpha value is -1.59. The summed E-state index contributed by atoms with van der Waals surface area (Å²) in [6.07, 6.45) is 1.11. The van der Waals surface area contributed by atoms with Crippen molar-refractivity contribution < 1.29 is 9.53 Å². The summed E-state index contributed by atoms with van der Waals surface area (Å²) in [5.74, 6) is 0. The number of carbonyl (C=O) groups excluding carboxylic acids is 1. The Morgan fingerprint density at radius 1 is 1.24 bits per heavy atom. The summed E-state index contributed by atoms with van der Waals surface area (Å²) >= 11 is 0. The van der Waals surface area contributed by atoms with Gasteiger partial charge in [0.15, 0.2) is 0 Å². The highest BCUT2D eigenvalue weighted by atomic mass is 16.5. The van der Waals surface area contributed by atoms with Crippen LogP contribution >= 0.6 is 0 Å². The van der Waals surface area contributed by atoms with Crippen molar-refractivity contribution in [2.75, 3.05) is 25.6 Å². The summed E-state index contributed by atoms with van der Waals surface area (Å²) in [4.78, 5) is 11.8. The van der Waals surface area contributed by atoms with E-state index >= 15 is 0 Å². The van der Waals surface area contributed by atoms with E-state index in [1.165, 1.54) is 5.56 Å². The lowest BCUT2D eigenvalue weighted by Crippen LogP contribution is -2.38. The second kappa shape index (κ2) is 9.37. The van der Waals surface area contributed by atoms with E-state index in [4.69, 9.17) is 4.74 Å². The van der Waals surface area contributed by atoms with Crippen LogP contribution in [0.25, 0.3) is 0 Å². The van der Waals surface area contributed by atoms with E-state index < -0.39 is 0 Å². The average Bonchev–Trinajstić information content (AvgIpc) is 2.45. The molecule has 21 heavy (non-hydrogen) atoms. The van der Waals surface area contributed by atoms with E-state index in [2.05, 4.69) is 29.8 Å². The highest BCUT2D eigenvalue weighted by molar-refractivity contribution is 5.89. The second-order valence-electron chi connectivity index (χ2n) is 5.25. The maximum absolute atomic E-state index is 11.8. The molecule has 0 bridgehead atoms. The number of methoxy groups -OCH3 is 1. The third kappa shape index (κ3) is 6.60. The molecule has 0 spiro atoms. The predicted molar refractivity (Wildman–Crippen MR) is 86.6 cm³/mol. The molecule has 3 N–H and O–H groups in total. The van der Waals surface area contributed by atoms with E-state index in [9.17, 15) is 4.79 Å². The molecule has 2 unspecified atom stereocenters. The van der Waals surface area contributed by atoms with E-state index in [0.717, 1.165) is 18.7 Å². The topological polar surface area (TPSA) is 62.4 Å². The summed E-state index contributed by atoms with van der Waals surface area (Å²) < 4.78 is 4.98. The molecule has 0 heterocycles. The van der Waals surface area contributed by atoms with Crippen molar-refractivity contribution in [2.45, 2.75) is 39.3 Å². The number of hydrogen-bond acceptors (Lipinski definition) is 3. The number of amides is 2. The quantitative estimate of drug-likeness (QED) is 0.690. The van der Waals surface area contributed by atoms with E-state index in [1.807, 2.05) is 31.2 Å². The van der Waals surface area contributed by atoms with Crippen molar-refractivity contribution in [2.24, 2.45) is 0 Å². The number of ether oxygens (including phenoxy) is 1. The lowest BCUT2D eigenvalue weighted by molar-refractivity contribution is 0.173. The van der Waals surface area contributed by atoms with Crippen molar-refractivity contribution in [1.29, 1.82) is 0 Å². The van der Waals surface area contributed by atoms with Crippen LogP contribution in [0.3, 0.4) is 0 Å². The normalized spacial score (nSPS) is 13.5. The first-order valence-electron chi connectivity index (χ1n) is 7.46. The van der Waals surface area contributed by atoms with Crippen LogP contribution in [0.4, 0.5) is 10.5 Å². The first-order chi connectivity index (χ1) is 10.1. The number of rotatable bonds is 8. The average molecular weight is 293 g/mol. The van der Waals surface area contributed by atoms with Crippen LogP contribution in [0.15, 0.2) is 24.3 Å². The first-order valence-corrected chi connectivity index (χ1v) is 7.46. The van der Waals surface area contributed by atoms with Gasteiger partial charge >= 0.3 is 6.03 Å². The van der Waals surface area contributed by atoms with E-state index in [0.29, 0.717) is 12.6 Å². The molecule has 1 aromatic rings. The molecule has 1 aromatic carbocycles. The highest BCUT2D eigenvalue weighted by Gasteiger charge is 2.08. The molecule has 0 aliphatic rings. The molecule has 0 radical (unpaired) electrons. The third-order valence-corrected chi connectivity index (χ3v) is 3.16. The van der Waals surface area contributed by atoms with Crippen LogP contribution in [0, 0.1) is 0 Å². The van der Waals surface area contributed by atoms with Gasteiger partial charge in [-0.2, -0.15) is 0 Å².